The zero-order valence-electron chi connectivity index (χ0n) is 8.58. The number of allylic oxidation sites excluding steroid dienone is 2. The van der Waals surface area contributed by atoms with Gasteiger partial charge in [-0.25, -0.2) is 0 Å². The van der Waals surface area contributed by atoms with E-state index in [1.807, 2.05) is 0 Å². The first-order valence-corrected chi connectivity index (χ1v) is 6.05. The quantitative estimate of drug-likeness (QED) is 0.535. The third-order valence-corrected chi connectivity index (χ3v) is 4.73. The third kappa shape index (κ3) is 1.18. The normalized spacial score (nSPS) is 52.5. The van der Waals surface area contributed by atoms with Crippen LogP contribution in [-0.4, -0.2) is 0 Å². The molecule has 2 fully saturated rings. The number of fused-ring (bicyclic) bond motifs is 2. The van der Waals surface area contributed by atoms with Crippen molar-refractivity contribution in [1.82, 2.24) is 0 Å². The number of hydrogen-bond donors (Lipinski definition) is 0. The lowest BCUT2D eigenvalue weighted by atomic mass is 9.56. The van der Waals surface area contributed by atoms with Crippen LogP contribution in [0.4, 0.5) is 0 Å². The molecule has 0 aromatic rings. The molecule has 13 heavy (non-hydrogen) atoms. The molecule has 3 rings (SSSR count). The summed E-state index contributed by atoms with van der Waals surface area (Å²) in [6.45, 7) is 2.38. The number of rotatable bonds is 1. The molecular formula is C13H20. The van der Waals surface area contributed by atoms with Crippen molar-refractivity contribution in [1.29, 1.82) is 0 Å². The largest absolute Gasteiger partial charge is 0.0851 e. The van der Waals surface area contributed by atoms with Crippen LogP contribution >= 0.6 is 0 Å². The van der Waals surface area contributed by atoms with E-state index in [9.17, 15) is 0 Å². The van der Waals surface area contributed by atoms with E-state index in [-0.39, 0.29) is 0 Å². The molecule has 3 aliphatic carbocycles. The van der Waals surface area contributed by atoms with Gasteiger partial charge >= 0.3 is 0 Å². The Kier molecular flexibility index (Phi) is 1.78. The van der Waals surface area contributed by atoms with Crippen molar-refractivity contribution in [3.63, 3.8) is 0 Å². The van der Waals surface area contributed by atoms with Gasteiger partial charge in [-0.15, -0.1) is 0 Å². The predicted molar refractivity (Wildman–Crippen MR) is 55.3 cm³/mol. The molecule has 0 N–H and O–H groups in total. The molecule has 0 heteroatoms. The SMILES string of the molecule is CCC1CC2CC3C=CC1C(C3)C2. The summed E-state index contributed by atoms with van der Waals surface area (Å²) in [4.78, 5) is 0. The zero-order chi connectivity index (χ0) is 8.84. The summed E-state index contributed by atoms with van der Waals surface area (Å²) in [6.07, 6.45) is 12.6. The van der Waals surface area contributed by atoms with Crippen LogP contribution < -0.4 is 0 Å². The van der Waals surface area contributed by atoms with Gasteiger partial charge in [0, 0.05) is 0 Å². The molecule has 0 radical (unpaired) electrons. The van der Waals surface area contributed by atoms with E-state index < -0.39 is 0 Å². The van der Waals surface area contributed by atoms with Crippen molar-refractivity contribution in [2.45, 2.75) is 39.0 Å². The first-order valence-electron chi connectivity index (χ1n) is 6.05. The molecule has 72 valence electrons. The van der Waals surface area contributed by atoms with Crippen LogP contribution in [0, 0.1) is 29.6 Å². The minimum absolute atomic E-state index is 0.970. The molecule has 0 aromatic heterocycles. The van der Waals surface area contributed by atoms with Gasteiger partial charge in [0.2, 0.25) is 0 Å². The molecule has 0 heterocycles. The van der Waals surface area contributed by atoms with Gasteiger partial charge in [-0.05, 0) is 55.3 Å². The van der Waals surface area contributed by atoms with Gasteiger partial charge in [-0.1, -0.05) is 25.5 Å². The summed E-state index contributed by atoms with van der Waals surface area (Å²) in [5.41, 5.74) is 0. The zero-order valence-corrected chi connectivity index (χ0v) is 8.58. The van der Waals surface area contributed by atoms with E-state index in [0.29, 0.717) is 0 Å². The van der Waals surface area contributed by atoms with Crippen molar-refractivity contribution in [3.8, 4) is 0 Å². The highest BCUT2D eigenvalue weighted by Crippen LogP contribution is 2.52. The minimum Gasteiger partial charge on any atom is -0.0851 e. The van der Waals surface area contributed by atoms with Crippen LogP contribution in [0.3, 0.4) is 0 Å². The fourth-order valence-corrected chi connectivity index (χ4v) is 4.21. The highest BCUT2D eigenvalue weighted by molar-refractivity contribution is 5.09. The maximum absolute atomic E-state index is 2.57. The van der Waals surface area contributed by atoms with E-state index in [0.717, 1.165) is 29.6 Å². The lowest BCUT2D eigenvalue weighted by Gasteiger charge is -2.49. The molecule has 2 saturated carbocycles. The van der Waals surface area contributed by atoms with Crippen LogP contribution in [0.25, 0.3) is 0 Å². The average molecular weight is 176 g/mol. The smallest absolute Gasteiger partial charge is 0.0176 e. The van der Waals surface area contributed by atoms with Crippen molar-refractivity contribution in [2.75, 3.05) is 0 Å². The Labute approximate surface area is 81.4 Å². The Balaban J connectivity index is 1.93. The van der Waals surface area contributed by atoms with Gasteiger partial charge < -0.3 is 0 Å². The molecule has 0 amide bonds. The Morgan fingerprint density at radius 3 is 2.85 bits per heavy atom. The van der Waals surface area contributed by atoms with E-state index in [4.69, 9.17) is 0 Å². The van der Waals surface area contributed by atoms with Crippen LogP contribution in [0.1, 0.15) is 39.0 Å². The molecule has 0 aromatic carbocycles. The molecule has 0 spiro atoms. The first kappa shape index (κ1) is 8.08. The fraction of sp³-hybridized carbons (Fsp3) is 0.846. The van der Waals surface area contributed by atoms with Crippen LogP contribution in [-0.2, 0) is 0 Å². The van der Waals surface area contributed by atoms with Gasteiger partial charge in [0.1, 0.15) is 0 Å². The van der Waals surface area contributed by atoms with Crippen molar-refractivity contribution in [2.24, 2.45) is 29.6 Å². The Morgan fingerprint density at radius 1 is 1.08 bits per heavy atom. The summed E-state index contributed by atoms with van der Waals surface area (Å²) in [7, 11) is 0. The predicted octanol–water partition coefficient (Wildman–Crippen LogP) is 3.63. The van der Waals surface area contributed by atoms with Gasteiger partial charge in [0.05, 0.1) is 0 Å². The maximum atomic E-state index is 2.57. The molecule has 0 nitrogen and oxygen atoms in total. The summed E-state index contributed by atoms with van der Waals surface area (Å²) in [5, 5.41) is 0. The molecule has 0 aliphatic heterocycles. The van der Waals surface area contributed by atoms with Crippen molar-refractivity contribution in [3.05, 3.63) is 12.2 Å². The lowest BCUT2D eigenvalue weighted by molar-refractivity contribution is 0.0572. The van der Waals surface area contributed by atoms with E-state index in [2.05, 4.69) is 19.1 Å². The number of hydrogen-bond acceptors (Lipinski definition) is 0. The van der Waals surface area contributed by atoms with Gasteiger partial charge in [-0.2, -0.15) is 0 Å². The molecule has 5 atom stereocenters. The second-order valence-corrected chi connectivity index (χ2v) is 5.46. The Hall–Kier alpha value is -0.260. The molecule has 3 aliphatic rings. The fourth-order valence-electron chi connectivity index (χ4n) is 4.21. The van der Waals surface area contributed by atoms with Crippen LogP contribution in [0.2, 0.25) is 0 Å². The highest BCUT2D eigenvalue weighted by atomic mass is 14.5. The first-order chi connectivity index (χ1) is 6.36. The monoisotopic (exact) mass is 176 g/mol. The molecule has 5 unspecified atom stereocenters. The molecular weight excluding hydrogens is 156 g/mol. The van der Waals surface area contributed by atoms with Gasteiger partial charge in [0.15, 0.2) is 0 Å². The minimum atomic E-state index is 0.970. The van der Waals surface area contributed by atoms with E-state index in [1.54, 1.807) is 12.8 Å². The van der Waals surface area contributed by atoms with Crippen LogP contribution in [0.15, 0.2) is 12.2 Å². The summed E-state index contributed by atoms with van der Waals surface area (Å²) < 4.78 is 0. The van der Waals surface area contributed by atoms with Crippen molar-refractivity contribution < 1.29 is 0 Å². The third-order valence-electron chi connectivity index (χ3n) is 4.73. The van der Waals surface area contributed by atoms with Crippen molar-refractivity contribution >= 4 is 0 Å². The van der Waals surface area contributed by atoms with E-state index in [1.165, 1.54) is 19.3 Å². The standard InChI is InChI=1S/C13H20/c1-2-11-7-10-5-9-3-4-13(11)12(6-9)8-10/h3-4,9-13H,2,5-8H2,1H3. The highest BCUT2D eigenvalue weighted by Gasteiger charge is 2.42. The molecule has 3 bridgehead atoms. The summed E-state index contributed by atoms with van der Waals surface area (Å²) >= 11 is 0. The van der Waals surface area contributed by atoms with E-state index >= 15 is 0 Å². The molecule has 0 saturated heterocycles. The Morgan fingerprint density at radius 2 is 2.00 bits per heavy atom. The van der Waals surface area contributed by atoms with Gasteiger partial charge in [0.25, 0.3) is 0 Å². The Bertz CT molecular complexity index is 228. The maximum Gasteiger partial charge on any atom is -0.0176 e. The topological polar surface area (TPSA) is 0 Å². The van der Waals surface area contributed by atoms with Crippen LogP contribution in [0.5, 0.6) is 0 Å². The lowest BCUT2D eigenvalue weighted by Crippen LogP contribution is -2.39. The second-order valence-electron chi connectivity index (χ2n) is 5.46. The van der Waals surface area contributed by atoms with Gasteiger partial charge in [-0.3, -0.25) is 0 Å². The second kappa shape index (κ2) is 2.87. The summed E-state index contributed by atoms with van der Waals surface area (Å²) in [6, 6.07) is 0. The summed E-state index contributed by atoms with van der Waals surface area (Å²) in [5.74, 6) is 5.14. The average Bonchev–Trinajstić information content (AvgIpc) is 2.13.